The Kier molecular flexibility index (Phi) is 9.80. The van der Waals surface area contributed by atoms with Crippen LogP contribution in [-0.2, 0) is 0 Å². The van der Waals surface area contributed by atoms with Crippen molar-refractivity contribution in [3.05, 3.63) is 115 Å². The van der Waals surface area contributed by atoms with Crippen LogP contribution in [0.25, 0.3) is 0 Å². The van der Waals surface area contributed by atoms with Gasteiger partial charge in [0.05, 0.1) is 0 Å². The molecule has 18 heteroatoms. The van der Waals surface area contributed by atoms with Crippen molar-refractivity contribution in [2.75, 3.05) is 0 Å². The van der Waals surface area contributed by atoms with Crippen molar-refractivity contribution in [3.8, 4) is 0 Å². The van der Waals surface area contributed by atoms with Gasteiger partial charge in [-0.2, -0.15) is 0 Å². The minimum absolute atomic E-state index is 0. The van der Waals surface area contributed by atoms with Crippen LogP contribution >= 0.6 is 0 Å². The van der Waals surface area contributed by atoms with E-state index in [2.05, 4.69) is 0 Å². The second-order valence-electron chi connectivity index (χ2n) is 10.0. The molecule has 0 aromatic heterocycles. The van der Waals surface area contributed by atoms with Crippen molar-refractivity contribution >= 4 is 28.0 Å². The monoisotopic (exact) mass is 670 g/mol. The van der Waals surface area contributed by atoms with E-state index in [1.165, 1.54) is 0 Å². The van der Waals surface area contributed by atoms with E-state index < -0.39 is 143 Å². The van der Waals surface area contributed by atoms with Gasteiger partial charge in [-0.15, -0.1) is 21.9 Å². The van der Waals surface area contributed by atoms with Gasteiger partial charge in [0.15, 0.2) is 46.5 Å². The molecule has 4 aromatic rings. The van der Waals surface area contributed by atoms with E-state index in [0.29, 0.717) is 27.7 Å². The second-order valence-corrected chi connectivity index (χ2v) is 10.0. The van der Waals surface area contributed by atoms with E-state index in [0.717, 1.165) is 0 Å². The molecule has 0 saturated carbocycles. The van der Waals surface area contributed by atoms with Crippen molar-refractivity contribution in [3.63, 3.8) is 0 Å². The summed E-state index contributed by atoms with van der Waals surface area (Å²) in [7, 11) is 0. The summed E-state index contributed by atoms with van der Waals surface area (Å²) in [4.78, 5) is 0. The van der Waals surface area contributed by atoms with Gasteiger partial charge in [0.2, 0.25) is 0 Å². The molecule has 0 radical (unpaired) electrons. The topological polar surface area (TPSA) is 0 Å². The van der Waals surface area contributed by atoms with E-state index >= 15 is 70.2 Å². The maximum atomic E-state index is 15.8. The number of hydrogen-bond donors (Lipinski definition) is 0. The first-order chi connectivity index (χ1) is 20.7. The predicted octanol–water partition coefficient (Wildman–Crippen LogP) is 3.53. The zero-order chi connectivity index (χ0) is 34.4. The van der Waals surface area contributed by atoms with Crippen molar-refractivity contribution in [1.29, 1.82) is 0 Å². The summed E-state index contributed by atoms with van der Waals surface area (Å²) in [6.07, 6.45) is -6.55. The van der Waals surface area contributed by atoms with Crippen LogP contribution in [0.4, 0.5) is 70.2 Å². The molecule has 4 rings (SSSR count). The summed E-state index contributed by atoms with van der Waals surface area (Å²) in [5, 5.41) is 0. The summed E-state index contributed by atoms with van der Waals surface area (Å²) < 4.78 is 247. The van der Waals surface area contributed by atoms with E-state index in [1.54, 1.807) is 0 Å². The fourth-order valence-electron chi connectivity index (χ4n) is 5.42. The Morgan fingerprint density at radius 2 is 0.348 bits per heavy atom. The minimum Gasteiger partial charge on any atom is -0.207 e. The molecule has 0 aliphatic carbocycles. The number of benzene rings is 4. The molecule has 4 aromatic carbocycles. The van der Waals surface area contributed by atoms with Crippen LogP contribution in [0.1, 0.15) is 22.3 Å². The first-order valence-corrected chi connectivity index (χ1v) is 12.2. The third kappa shape index (κ3) is 4.63. The standard InChI is InChI=1S/C28H12BF16.Li/c1-5-13(30)21(38)9(22(39)14(5)31)29(10-23(40)15(32)6(2)16(33)24(10)41,11-25(42)17(34)7(3)18(35)26(11)43)12-27(44)19(36)8(4)20(37)28(12)45;/h1-4H3;/q-1;+1. The molecule has 46 heavy (non-hydrogen) atoms. The molecular formula is C28H12BF16Li. The fraction of sp³-hybridized carbons (Fsp3) is 0.143. The van der Waals surface area contributed by atoms with E-state index in [-0.39, 0.29) is 18.9 Å². The van der Waals surface area contributed by atoms with Gasteiger partial charge >= 0.3 is 18.9 Å². The zero-order valence-corrected chi connectivity index (χ0v) is 23.6. The molecule has 0 heterocycles. The third-order valence-corrected chi connectivity index (χ3v) is 7.80. The maximum absolute atomic E-state index is 15.8. The van der Waals surface area contributed by atoms with Gasteiger partial charge in [-0.05, 0) is 27.7 Å². The van der Waals surface area contributed by atoms with Gasteiger partial charge in [0, 0.05) is 22.3 Å². The summed E-state index contributed by atoms with van der Waals surface area (Å²) in [5.41, 5.74) is -18.5. The first kappa shape index (κ1) is 36.9. The quantitative estimate of drug-likeness (QED) is 0.177. The molecule has 0 aliphatic heterocycles. The number of hydrogen-bond acceptors (Lipinski definition) is 0. The summed E-state index contributed by atoms with van der Waals surface area (Å²) in [6, 6.07) is 0. The van der Waals surface area contributed by atoms with Gasteiger partial charge in [0.1, 0.15) is 52.7 Å². The van der Waals surface area contributed by atoms with Crippen molar-refractivity contribution in [1.82, 2.24) is 0 Å². The third-order valence-electron chi connectivity index (χ3n) is 7.80. The minimum atomic E-state index is -6.55. The Labute approximate surface area is 260 Å². The van der Waals surface area contributed by atoms with Gasteiger partial charge < -0.3 is 0 Å². The van der Waals surface area contributed by atoms with Crippen molar-refractivity contribution < 1.29 is 89.1 Å². The van der Waals surface area contributed by atoms with Crippen LogP contribution in [0, 0.1) is 121 Å². The fourth-order valence-corrected chi connectivity index (χ4v) is 5.42. The molecule has 0 saturated heterocycles. The van der Waals surface area contributed by atoms with Gasteiger partial charge in [-0.3, -0.25) is 0 Å². The average molecular weight is 670 g/mol. The average Bonchev–Trinajstić information content (AvgIpc) is 3.00. The molecule has 0 spiro atoms. The van der Waals surface area contributed by atoms with Crippen LogP contribution in [0.3, 0.4) is 0 Å². The summed E-state index contributed by atoms with van der Waals surface area (Å²) in [6.45, 7) is 1.17. The molecule has 0 nitrogen and oxygen atoms in total. The van der Waals surface area contributed by atoms with Gasteiger partial charge in [-0.1, -0.05) is 0 Å². The van der Waals surface area contributed by atoms with Crippen molar-refractivity contribution in [2.45, 2.75) is 27.7 Å². The Balaban J connectivity index is 0.00000576. The Morgan fingerprint density at radius 1 is 0.239 bits per heavy atom. The Morgan fingerprint density at radius 3 is 0.457 bits per heavy atom. The molecular weight excluding hydrogens is 658 g/mol. The maximum Gasteiger partial charge on any atom is 1.00 e. The first-order valence-electron chi connectivity index (χ1n) is 12.2. The van der Waals surface area contributed by atoms with Crippen LogP contribution in [0.2, 0.25) is 0 Å². The second kappa shape index (κ2) is 12.2. The predicted molar refractivity (Wildman–Crippen MR) is 128 cm³/mol. The largest absolute Gasteiger partial charge is 1.00 e. The SMILES string of the molecule is Cc1c(F)c(F)c([B-](c2c(F)c(F)c(C)c(F)c2F)(c2c(F)c(F)c(C)c(F)c2F)c2c(F)c(F)c(C)c(F)c2F)c(F)c1F.[Li+]. The molecule has 240 valence electrons. The van der Waals surface area contributed by atoms with Gasteiger partial charge in [-0.25, -0.2) is 70.2 Å². The molecule has 0 N–H and O–H groups in total. The molecule has 0 fully saturated rings. The van der Waals surface area contributed by atoms with E-state index in [4.69, 9.17) is 0 Å². The molecule has 0 amide bonds. The number of halogens is 16. The van der Waals surface area contributed by atoms with Crippen LogP contribution in [0.5, 0.6) is 0 Å². The zero-order valence-electron chi connectivity index (χ0n) is 23.6. The molecule has 0 bridgehead atoms. The normalized spacial score (nSPS) is 11.7. The molecule has 0 unspecified atom stereocenters. The van der Waals surface area contributed by atoms with Crippen molar-refractivity contribution in [2.24, 2.45) is 0 Å². The number of rotatable bonds is 4. The van der Waals surface area contributed by atoms with Gasteiger partial charge in [0.25, 0.3) is 0 Å². The van der Waals surface area contributed by atoms with Crippen LogP contribution in [-0.4, -0.2) is 6.15 Å². The van der Waals surface area contributed by atoms with E-state index in [1.807, 2.05) is 0 Å². The summed E-state index contributed by atoms with van der Waals surface area (Å²) >= 11 is 0. The van der Waals surface area contributed by atoms with Crippen LogP contribution < -0.4 is 40.7 Å². The van der Waals surface area contributed by atoms with Crippen LogP contribution in [0.15, 0.2) is 0 Å². The van der Waals surface area contributed by atoms with E-state index in [9.17, 15) is 0 Å². The Hall–Kier alpha value is -3.58. The molecule has 0 atom stereocenters. The Bertz CT molecular complexity index is 1570. The summed E-state index contributed by atoms with van der Waals surface area (Å²) in [5.74, 6) is -45.7. The smallest absolute Gasteiger partial charge is 0.207 e. The molecule has 0 aliphatic rings.